The summed E-state index contributed by atoms with van der Waals surface area (Å²) in [5.41, 5.74) is 5.65. The molecule has 0 radical (unpaired) electrons. The van der Waals surface area contributed by atoms with Crippen LogP contribution in [0.25, 0.3) is 0 Å². The molecule has 0 bridgehead atoms. The number of benzene rings is 1. The van der Waals surface area contributed by atoms with Gasteiger partial charge >= 0.3 is 0 Å². The van der Waals surface area contributed by atoms with Gasteiger partial charge in [0.05, 0.1) is 0 Å². The molecule has 1 saturated heterocycles. The van der Waals surface area contributed by atoms with Crippen LogP contribution < -0.4 is 10.5 Å². The van der Waals surface area contributed by atoms with Crippen molar-refractivity contribution in [3.05, 3.63) is 28.7 Å². The van der Waals surface area contributed by atoms with Crippen LogP contribution in [0.4, 0.5) is 0 Å². The highest BCUT2D eigenvalue weighted by Gasteiger charge is 2.27. The van der Waals surface area contributed by atoms with Gasteiger partial charge in [-0.2, -0.15) is 0 Å². The quantitative estimate of drug-likeness (QED) is 0.922. The summed E-state index contributed by atoms with van der Waals surface area (Å²) in [4.78, 5) is 13.8. The molecule has 0 aliphatic carbocycles. The van der Waals surface area contributed by atoms with Crippen LogP contribution in [-0.4, -0.2) is 36.5 Å². The Morgan fingerprint density at radius 2 is 2.39 bits per heavy atom. The zero-order valence-electron chi connectivity index (χ0n) is 10.1. The molecule has 4 nitrogen and oxygen atoms in total. The van der Waals surface area contributed by atoms with Gasteiger partial charge < -0.3 is 15.4 Å². The number of halogens is 1. The van der Waals surface area contributed by atoms with Gasteiger partial charge in [-0.1, -0.05) is 22.0 Å². The predicted octanol–water partition coefficient (Wildman–Crippen LogP) is 1.78. The lowest BCUT2D eigenvalue weighted by molar-refractivity contribution is -0.134. The second-order valence-electron chi connectivity index (χ2n) is 4.36. The Morgan fingerprint density at radius 3 is 3.11 bits per heavy atom. The molecule has 18 heavy (non-hydrogen) atoms. The van der Waals surface area contributed by atoms with Crippen molar-refractivity contribution in [2.75, 3.05) is 19.7 Å². The first-order valence-electron chi connectivity index (χ1n) is 6.08. The fourth-order valence-electron chi connectivity index (χ4n) is 2.19. The van der Waals surface area contributed by atoms with E-state index in [-0.39, 0.29) is 18.6 Å². The maximum absolute atomic E-state index is 12.0. The van der Waals surface area contributed by atoms with Crippen molar-refractivity contribution in [3.63, 3.8) is 0 Å². The third kappa shape index (κ3) is 3.23. The first-order chi connectivity index (χ1) is 8.70. The van der Waals surface area contributed by atoms with Crippen LogP contribution in [0.5, 0.6) is 5.75 Å². The number of amides is 1. The van der Waals surface area contributed by atoms with Crippen LogP contribution in [0.1, 0.15) is 12.8 Å². The van der Waals surface area contributed by atoms with Crippen molar-refractivity contribution in [3.8, 4) is 5.75 Å². The summed E-state index contributed by atoms with van der Waals surface area (Å²) in [6.07, 6.45) is 2.03. The van der Waals surface area contributed by atoms with E-state index in [1.807, 2.05) is 29.2 Å². The maximum atomic E-state index is 12.0. The number of nitrogens with zero attached hydrogens (tertiary/aromatic N) is 1. The summed E-state index contributed by atoms with van der Waals surface area (Å²) in [5, 5.41) is 0. The van der Waals surface area contributed by atoms with Crippen LogP contribution in [0.3, 0.4) is 0 Å². The number of hydrogen-bond donors (Lipinski definition) is 1. The summed E-state index contributed by atoms with van der Waals surface area (Å²) < 4.78 is 6.43. The van der Waals surface area contributed by atoms with Gasteiger partial charge in [0.25, 0.3) is 5.91 Å². The number of nitrogens with two attached hydrogens (primary N) is 1. The van der Waals surface area contributed by atoms with Crippen LogP contribution in [0, 0.1) is 0 Å². The Bertz CT molecular complexity index is 425. The largest absolute Gasteiger partial charge is 0.484 e. The molecule has 1 aromatic rings. The zero-order chi connectivity index (χ0) is 13.0. The Balaban J connectivity index is 1.88. The van der Waals surface area contributed by atoms with Crippen molar-refractivity contribution in [2.45, 2.75) is 18.9 Å². The molecular weight excluding hydrogens is 296 g/mol. The fraction of sp³-hybridized carbons (Fsp3) is 0.462. The Labute approximate surface area is 115 Å². The molecule has 0 aromatic heterocycles. The molecular formula is C13H17BrN2O2. The van der Waals surface area contributed by atoms with E-state index in [2.05, 4.69) is 15.9 Å². The first-order valence-corrected chi connectivity index (χ1v) is 6.88. The van der Waals surface area contributed by atoms with E-state index in [4.69, 9.17) is 10.5 Å². The zero-order valence-corrected chi connectivity index (χ0v) is 11.7. The van der Waals surface area contributed by atoms with E-state index >= 15 is 0 Å². The first kappa shape index (κ1) is 13.4. The van der Waals surface area contributed by atoms with Gasteiger partial charge in [-0.05, 0) is 31.0 Å². The normalized spacial score (nSPS) is 19.0. The lowest BCUT2D eigenvalue weighted by Crippen LogP contribution is -2.42. The molecule has 0 unspecified atom stereocenters. The molecule has 2 N–H and O–H groups in total. The van der Waals surface area contributed by atoms with E-state index in [9.17, 15) is 4.79 Å². The highest BCUT2D eigenvalue weighted by Crippen LogP contribution is 2.19. The average Bonchev–Trinajstić information content (AvgIpc) is 2.84. The van der Waals surface area contributed by atoms with Crippen LogP contribution in [-0.2, 0) is 4.79 Å². The lowest BCUT2D eigenvalue weighted by Gasteiger charge is -2.23. The molecule has 1 fully saturated rings. The number of ether oxygens (including phenoxy) is 1. The minimum Gasteiger partial charge on any atom is -0.484 e. The molecule has 1 atom stereocenters. The van der Waals surface area contributed by atoms with Crippen LogP contribution in [0.2, 0.25) is 0 Å². The van der Waals surface area contributed by atoms with Crippen molar-refractivity contribution in [1.29, 1.82) is 0 Å². The van der Waals surface area contributed by atoms with Gasteiger partial charge in [0, 0.05) is 23.6 Å². The van der Waals surface area contributed by atoms with E-state index in [1.165, 1.54) is 0 Å². The van der Waals surface area contributed by atoms with E-state index in [0.717, 1.165) is 23.9 Å². The topological polar surface area (TPSA) is 55.6 Å². The lowest BCUT2D eigenvalue weighted by atomic mass is 10.2. The molecule has 5 heteroatoms. The van der Waals surface area contributed by atoms with E-state index in [0.29, 0.717) is 12.3 Å². The van der Waals surface area contributed by atoms with Crippen LogP contribution >= 0.6 is 15.9 Å². The number of carbonyl (C=O) groups is 1. The van der Waals surface area contributed by atoms with Crippen LogP contribution in [0.15, 0.2) is 28.7 Å². The minimum atomic E-state index is 0.0166. The van der Waals surface area contributed by atoms with E-state index in [1.54, 1.807) is 0 Å². The SMILES string of the molecule is NC[C@H]1CCCN1C(=O)COc1cccc(Br)c1. The van der Waals surface area contributed by atoms with Gasteiger partial charge in [0.1, 0.15) is 5.75 Å². The number of carbonyl (C=O) groups excluding carboxylic acids is 1. The summed E-state index contributed by atoms with van der Waals surface area (Å²) in [5.74, 6) is 0.712. The molecule has 1 amide bonds. The second kappa shape index (κ2) is 6.20. The molecule has 2 rings (SSSR count). The summed E-state index contributed by atoms with van der Waals surface area (Å²) in [6, 6.07) is 7.66. The average molecular weight is 313 g/mol. The molecule has 1 aromatic carbocycles. The summed E-state index contributed by atoms with van der Waals surface area (Å²) in [7, 11) is 0. The summed E-state index contributed by atoms with van der Waals surface area (Å²) in [6.45, 7) is 1.40. The minimum absolute atomic E-state index is 0.0166. The van der Waals surface area contributed by atoms with E-state index < -0.39 is 0 Å². The number of likely N-dealkylation sites (tertiary alicyclic amines) is 1. The Hall–Kier alpha value is -1.07. The van der Waals surface area contributed by atoms with Crippen molar-refractivity contribution < 1.29 is 9.53 Å². The highest BCUT2D eigenvalue weighted by molar-refractivity contribution is 9.10. The Morgan fingerprint density at radius 1 is 1.56 bits per heavy atom. The summed E-state index contributed by atoms with van der Waals surface area (Å²) >= 11 is 3.36. The highest BCUT2D eigenvalue weighted by atomic mass is 79.9. The molecule has 1 aliphatic rings. The van der Waals surface area contributed by atoms with Gasteiger partial charge in [-0.15, -0.1) is 0 Å². The van der Waals surface area contributed by atoms with Gasteiger partial charge in [0.15, 0.2) is 6.61 Å². The molecule has 1 aliphatic heterocycles. The molecule has 98 valence electrons. The third-order valence-electron chi connectivity index (χ3n) is 3.13. The molecule has 0 spiro atoms. The monoisotopic (exact) mass is 312 g/mol. The predicted molar refractivity (Wildman–Crippen MR) is 73.4 cm³/mol. The fourth-order valence-corrected chi connectivity index (χ4v) is 2.57. The molecule has 1 heterocycles. The number of hydrogen-bond acceptors (Lipinski definition) is 3. The van der Waals surface area contributed by atoms with Crippen molar-refractivity contribution in [2.24, 2.45) is 5.73 Å². The van der Waals surface area contributed by atoms with Crippen molar-refractivity contribution in [1.82, 2.24) is 4.90 Å². The third-order valence-corrected chi connectivity index (χ3v) is 3.62. The second-order valence-corrected chi connectivity index (χ2v) is 5.28. The van der Waals surface area contributed by atoms with Crippen molar-refractivity contribution >= 4 is 21.8 Å². The van der Waals surface area contributed by atoms with Gasteiger partial charge in [-0.25, -0.2) is 0 Å². The van der Waals surface area contributed by atoms with Gasteiger partial charge in [0.2, 0.25) is 0 Å². The smallest absolute Gasteiger partial charge is 0.260 e. The maximum Gasteiger partial charge on any atom is 0.260 e. The number of rotatable bonds is 4. The standard InChI is InChI=1S/C13H17BrN2O2/c14-10-3-1-5-12(7-10)18-9-13(17)16-6-2-4-11(16)8-15/h1,3,5,7,11H,2,4,6,8-9,15H2/t11-/m1/s1. The Kier molecular flexibility index (Phi) is 4.60. The van der Waals surface area contributed by atoms with Gasteiger partial charge in [-0.3, -0.25) is 4.79 Å². The molecule has 0 saturated carbocycles.